The number of hydrogen-bond acceptors (Lipinski definition) is 6. The topological polar surface area (TPSA) is 93.7 Å². The molecule has 1 aliphatic heterocycles. The van der Waals surface area contributed by atoms with Crippen LogP contribution in [0.15, 0.2) is 110 Å². The minimum atomic E-state index is -1.10. The number of amides is 2. The van der Waals surface area contributed by atoms with Crippen molar-refractivity contribution in [2.45, 2.75) is 18.7 Å². The molecule has 2 amide bonds. The first kappa shape index (κ1) is 25.9. The standard InChI is InChI=1S/C32H25FN4O4/c33-24-11-9-21(10-12-24)18-36-31(38)30(22-13-15-34-16-14-22)37(25-17-23-5-1-2-6-26(23)35-19-25)32(39)29-20-40-27-7-3-4-8-28(27)41-29/h1-17,19,29-30H,18,20H2,(H,36,38). The zero-order valence-corrected chi connectivity index (χ0v) is 21.8. The predicted molar refractivity (Wildman–Crippen MR) is 151 cm³/mol. The number of pyridine rings is 2. The zero-order chi connectivity index (χ0) is 28.2. The SMILES string of the molecule is O=C(NCc1ccc(F)cc1)C(c1ccncc1)N(C(=O)C1COc2ccccc2O1)c1cnc2ccccc2c1. The van der Waals surface area contributed by atoms with E-state index in [-0.39, 0.29) is 19.0 Å². The molecule has 0 aliphatic carbocycles. The van der Waals surface area contributed by atoms with E-state index >= 15 is 0 Å². The van der Waals surface area contributed by atoms with Gasteiger partial charge in [-0.1, -0.05) is 42.5 Å². The molecule has 3 heterocycles. The number of nitrogens with one attached hydrogen (secondary N) is 1. The van der Waals surface area contributed by atoms with E-state index in [9.17, 15) is 14.0 Å². The Hall–Kier alpha value is -5.31. The fourth-order valence-corrected chi connectivity index (χ4v) is 4.74. The molecular formula is C32H25FN4O4. The Balaban J connectivity index is 1.41. The van der Waals surface area contributed by atoms with E-state index in [0.717, 1.165) is 10.9 Å². The summed E-state index contributed by atoms with van der Waals surface area (Å²) in [6, 6.07) is 24.6. The van der Waals surface area contributed by atoms with Crippen molar-refractivity contribution in [3.8, 4) is 11.5 Å². The second-order valence-electron chi connectivity index (χ2n) is 9.49. The maximum atomic E-state index is 14.3. The van der Waals surface area contributed by atoms with Crippen molar-refractivity contribution in [3.63, 3.8) is 0 Å². The van der Waals surface area contributed by atoms with Gasteiger partial charge < -0.3 is 14.8 Å². The Kier molecular flexibility index (Phi) is 7.23. The maximum Gasteiger partial charge on any atom is 0.272 e. The molecule has 9 heteroatoms. The van der Waals surface area contributed by atoms with Crippen molar-refractivity contribution in [1.29, 1.82) is 0 Å². The van der Waals surface area contributed by atoms with Crippen LogP contribution >= 0.6 is 0 Å². The number of benzene rings is 3. The summed E-state index contributed by atoms with van der Waals surface area (Å²) in [6.45, 7) is 0.0999. The van der Waals surface area contributed by atoms with E-state index in [1.807, 2.05) is 36.4 Å². The van der Waals surface area contributed by atoms with Gasteiger partial charge in [-0.2, -0.15) is 0 Å². The van der Waals surface area contributed by atoms with E-state index in [1.165, 1.54) is 17.0 Å². The number of hydrogen-bond donors (Lipinski definition) is 1. The monoisotopic (exact) mass is 548 g/mol. The van der Waals surface area contributed by atoms with Gasteiger partial charge in [-0.15, -0.1) is 0 Å². The maximum absolute atomic E-state index is 14.3. The third kappa shape index (κ3) is 5.56. The van der Waals surface area contributed by atoms with Crippen LogP contribution < -0.4 is 19.7 Å². The highest BCUT2D eigenvalue weighted by Crippen LogP contribution is 2.35. The highest BCUT2D eigenvalue weighted by Gasteiger charge is 2.39. The van der Waals surface area contributed by atoms with Crippen LogP contribution in [0.3, 0.4) is 0 Å². The quantitative estimate of drug-likeness (QED) is 0.308. The van der Waals surface area contributed by atoms with Crippen LogP contribution in [-0.2, 0) is 16.1 Å². The van der Waals surface area contributed by atoms with Gasteiger partial charge in [0.1, 0.15) is 18.5 Å². The number of fused-ring (bicyclic) bond motifs is 2. The molecule has 5 aromatic rings. The number of ether oxygens (including phenoxy) is 2. The van der Waals surface area contributed by atoms with Crippen LogP contribution in [0.25, 0.3) is 10.9 Å². The molecule has 0 spiro atoms. The highest BCUT2D eigenvalue weighted by atomic mass is 19.1. The molecule has 2 unspecified atom stereocenters. The van der Waals surface area contributed by atoms with Crippen molar-refractivity contribution in [1.82, 2.24) is 15.3 Å². The summed E-state index contributed by atoms with van der Waals surface area (Å²) in [4.78, 5) is 38.3. The number of rotatable bonds is 7. The molecule has 41 heavy (non-hydrogen) atoms. The lowest BCUT2D eigenvalue weighted by Gasteiger charge is -2.35. The Labute approximate surface area is 235 Å². The summed E-state index contributed by atoms with van der Waals surface area (Å²) in [5.41, 5.74) is 2.40. The van der Waals surface area contributed by atoms with E-state index in [1.54, 1.807) is 61.1 Å². The first-order chi connectivity index (χ1) is 20.1. The van der Waals surface area contributed by atoms with Gasteiger partial charge in [-0.25, -0.2) is 4.39 Å². The normalized spacial score (nSPS) is 14.7. The molecule has 3 aromatic carbocycles. The van der Waals surface area contributed by atoms with Gasteiger partial charge in [0.15, 0.2) is 11.5 Å². The number of carbonyl (C=O) groups excluding carboxylic acids is 2. The smallest absolute Gasteiger partial charge is 0.272 e. The molecule has 2 aromatic heterocycles. The van der Waals surface area contributed by atoms with Gasteiger partial charge in [-0.3, -0.25) is 24.5 Å². The summed E-state index contributed by atoms with van der Waals surface area (Å²) in [6.07, 6.45) is 3.67. The van der Waals surface area contributed by atoms with Crippen molar-refractivity contribution in [3.05, 3.63) is 127 Å². The van der Waals surface area contributed by atoms with E-state index in [4.69, 9.17) is 9.47 Å². The molecule has 0 saturated carbocycles. The van der Waals surface area contributed by atoms with Gasteiger partial charge in [0, 0.05) is 24.3 Å². The van der Waals surface area contributed by atoms with Gasteiger partial charge >= 0.3 is 0 Å². The average Bonchev–Trinajstić information content (AvgIpc) is 3.03. The Bertz CT molecular complexity index is 1700. The van der Waals surface area contributed by atoms with Gasteiger partial charge in [0.25, 0.3) is 5.91 Å². The fraction of sp³-hybridized carbons (Fsp3) is 0.125. The number of para-hydroxylation sites is 3. The van der Waals surface area contributed by atoms with Crippen molar-refractivity contribution >= 4 is 28.4 Å². The highest BCUT2D eigenvalue weighted by molar-refractivity contribution is 6.04. The third-order valence-electron chi connectivity index (χ3n) is 6.78. The summed E-state index contributed by atoms with van der Waals surface area (Å²) in [5.74, 6) is -0.311. The Morgan fingerprint density at radius 2 is 1.68 bits per heavy atom. The molecular weight excluding hydrogens is 523 g/mol. The molecule has 2 atom stereocenters. The van der Waals surface area contributed by atoms with E-state index < -0.39 is 24.0 Å². The molecule has 1 N–H and O–H groups in total. The van der Waals surface area contributed by atoms with Crippen molar-refractivity contribution in [2.75, 3.05) is 11.5 Å². The second-order valence-corrected chi connectivity index (χ2v) is 9.49. The first-order valence-corrected chi connectivity index (χ1v) is 13.1. The number of anilines is 1. The molecule has 0 fully saturated rings. The first-order valence-electron chi connectivity index (χ1n) is 13.1. The lowest BCUT2D eigenvalue weighted by Crippen LogP contribution is -2.51. The van der Waals surface area contributed by atoms with E-state index in [0.29, 0.717) is 28.3 Å². The van der Waals surface area contributed by atoms with E-state index in [2.05, 4.69) is 15.3 Å². The molecule has 0 saturated heterocycles. The lowest BCUT2D eigenvalue weighted by molar-refractivity contribution is -0.131. The minimum Gasteiger partial charge on any atom is -0.485 e. The van der Waals surface area contributed by atoms with Crippen molar-refractivity contribution < 1.29 is 23.5 Å². The Morgan fingerprint density at radius 3 is 2.49 bits per heavy atom. The molecule has 204 valence electrons. The van der Waals surface area contributed by atoms with Crippen LogP contribution in [0, 0.1) is 5.82 Å². The van der Waals surface area contributed by atoms with Crippen LogP contribution in [0.5, 0.6) is 11.5 Å². The third-order valence-corrected chi connectivity index (χ3v) is 6.78. The molecule has 8 nitrogen and oxygen atoms in total. The lowest BCUT2D eigenvalue weighted by atomic mass is 10.0. The Morgan fingerprint density at radius 1 is 0.951 bits per heavy atom. The van der Waals surface area contributed by atoms with Crippen LogP contribution in [0.4, 0.5) is 10.1 Å². The van der Waals surface area contributed by atoms with Crippen molar-refractivity contribution in [2.24, 2.45) is 0 Å². The van der Waals surface area contributed by atoms with Crippen LogP contribution in [0.1, 0.15) is 17.2 Å². The van der Waals surface area contributed by atoms with Gasteiger partial charge in [0.05, 0.1) is 17.4 Å². The summed E-state index contributed by atoms with van der Waals surface area (Å²) >= 11 is 0. The summed E-state index contributed by atoms with van der Waals surface area (Å²) in [5, 5.41) is 3.71. The molecule has 0 bridgehead atoms. The average molecular weight is 549 g/mol. The number of halogens is 1. The van der Waals surface area contributed by atoms with Gasteiger partial charge in [0.2, 0.25) is 12.0 Å². The largest absolute Gasteiger partial charge is 0.485 e. The van der Waals surface area contributed by atoms with Crippen LogP contribution in [-0.4, -0.2) is 34.5 Å². The molecule has 0 radical (unpaired) electrons. The fourth-order valence-electron chi connectivity index (χ4n) is 4.74. The summed E-state index contributed by atoms with van der Waals surface area (Å²) in [7, 11) is 0. The molecule has 6 rings (SSSR count). The number of nitrogens with zero attached hydrogens (tertiary/aromatic N) is 3. The summed E-state index contributed by atoms with van der Waals surface area (Å²) < 4.78 is 25.4. The van der Waals surface area contributed by atoms with Crippen LogP contribution in [0.2, 0.25) is 0 Å². The number of aromatic nitrogens is 2. The zero-order valence-electron chi connectivity index (χ0n) is 21.8. The minimum absolute atomic E-state index is 0.0341. The van der Waals surface area contributed by atoms with Gasteiger partial charge in [-0.05, 0) is 59.7 Å². The second kappa shape index (κ2) is 11.4. The molecule has 1 aliphatic rings. The number of carbonyl (C=O) groups is 2. The predicted octanol–water partition coefficient (Wildman–Crippen LogP) is 5.00.